The van der Waals surface area contributed by atoms with E-state index in [1.807, 2.05) is 6.07 Å². The minimum absolute atomic E-state index is 0.343. The summed E-state index contributed by atoms with van der Waals surface area (Å²) in [5, 5.41) is 19.6. The zero-order valence-electron chi connectivity index (χ0n) is 6.87. The van der Waals surface area contributed by atoms with E-state index in [-0.39, 0.29) is 0 Å². The van der Waals surface area contributed by atoms with E-state index in [4.69, 9.17) is 10.00 Å². The number of methoxy groups -OCH3 is 1. The Labute approximate surface area is 70.2 Å². The van der Waals surface area contributed by atoms with Crippen LogP contribution in [0.25, 0.3) is 0 Å². The Hall–Kier alpha value is -1.76. The molecule has 0 aliphatic carbocycles. The van der Waals surface area contributed by atoms with Crippen LogP contribution < -0.4 is 9.47 Å². The van der Waals surface area contributed by atoms with E-state index < -0.39 is 0 Å². The first-order chi connectivity index (χ1) is 5.70. The fourth-order valence-electron chi connectivity index (χ4n) is 0.970. The molecule has 0 spiro atoms. The van der Waals surface area contributed by atoms with Crippen molar-refractivity contribution < 1.29 is 9.47 Å². The highest BCUT2D eigenvalue weighted by molar-refractivity contribution is 5.42. The molecule has 0 amide bonds. The number of ether oxygens (including phenoxy) is 1. The number of pyridine rings is 1. The number of hydrogen-bond acceptors (Lipinski definition) is 3. The van der Waals surface area contributed by atoms with E-state index in [9.17, 15) is 5.21 Å². The summed E-state index contributed by atoms with van der Waals surface area (Å²) in [7, 11) is 1.43. The standard InChI is InChI=1S/C8H8N2O2/c1-6-8(12-2)7(5-9)3-4-10(6)11/h3-4H,1-2H3. The molecule has 0 saturated heterocycles. The van der Waals surface area contributed by atoms with Crippen LogP contribution in [0.4, 0.5) is 0 Å². The third kappa shape index (κ3) is 1.17. The predicted octanol–water partition coefficient (Wildman–Crippen LogP) is 0.509. The number of hydrogen-bond donors (Lipinski definition) is 0. The Bertz CT molecular complexity index is 342. The molecule has 0 aliphatic rings. The molecule has 62 valence electrons. The summed E-state index contributed by atoms with van der Waals surface area (Å²) in [6.45, 7) is 1.60. The molecule has 12 heavy (non-hydrogen) atoms. The van der Waals surface area contributed by atoms with E-state index >= 15 is 0 Å². The highest BCUT2D eigenvalue weighted by Gasteiger charge is 2.12. The lowest BCUT2D eigenvalue weighted by atomic mass is 10.2. The van der Waals surface area contributed by atoms with Crippen LogP contribution in [0.3, 0.4) is 0 Å². The molecule has 1 rings (SSSR count). The number of rotatable bonds is 1. The maximum Gasteiger partial charge on any atom is 0.233 e. The second-order valence-electron chi connectivity index (χ2n) is 2.29. The van der Waals surface area contributed by atoms with Crippen molar-refractivity contribution >= 4 is 0 Å². The van der Waals surface area contributed by atoms with Crippen molar-refractivity contribution in [2.45, 2.75) is 6.92 Å². The Kier molecular flexibility index (Phi) is 2.15. The smallest absolute Gasteiger partial charge is 0.233 e. The van der Waals surface area contributed by atoms with Crippen molar-refractivity contribution in [2.75, 3.05) is 7.11 Å². The average molecular weight is 164 g/mol. The third-order valence-corrected chi connectivity index (χ3v) is 1.60. The predicted molar refractivity (Wildman–Crippen MR) is 41.4 cm³/mol. The minimum Gasteiger partial charge on any atom is -0.618 e. The van der Waals surface area contributed by atoms with Gasteiger partial charge in [0.2, 0.25) is 11.4 Å². The Balaban J connectivity index is 3.38. The van der Waals surface area contributed by atoms with Gasteiger partial charge in [-0.2, -0.15) is 9.99 Å². The van der Waals surface area contributed by atoms with Crippen LogP contribution >= 0.6 is 0 Å². The zero-order valence-corrected chi connectivity index (χ0v) is 6.87. The summed E-state index contributed by atoms with van der Waals surface area (Å²) in [4.78, 5) is 0. The third-order valence-electron chi connectivity index (χ3n) is 1.60. The molecular weight excluding hydrogens is 156 g/mol. The van der Waals surface area contributed by atoms with Crippen LogP contribution in [0.1, 0.15) is 11.3 Å². The Morgan fingerprint density at radius 1 is 1.67 bits per heavy atom. The van der Waals surface area contributed by atoms with Gasteiger partial charge in [-0.05, 0) is 0 Å². The number of nitrogens with zero attached hydrogens (tertiary/aromatic N) is 2. The number of nitriles is 1. The molecule has 0 saturated carbocycles. The van der Waals surface area contributed by atoms with Gasteiger partial charge in [-0.3, -0.25) is 0 Å². The molecule has 1 aromatic heterocycles. The second kappa shape index (κ2) is 3.09. The van der Waals surface area contributed by atoms with E-state index in [1.165, 1.54) is 19.4 Å². The van der Waals surface area contributed by atoms with Gasteiger partial charge < -0.3 is 9.94 Å². The van der Waals surface area contributed by atoms with E-state index in [0.29, 0.717) is 21.7 Å². The maximum atomic E-state index is 11.0. The molecule has 0 aliphatic heterocycles. The largest absolute Gasteiger partial charge is 0.618 e. The molecule has 4 nitrogen and oxygen atoms in total. The van der Waals surface area contributed by atoms with Gasteiger partial charge >= 0.3 is 0 Å². The minimum atomic E-state index is 0.343. The Morgan fingerprint density at radius 2 is 2.33 bits per heavy atom. The first-order valence-electron chi connectivity index (χ1n) is 3.37. The lowest BCUT2D eigenvalue weighted by molar-refractivity contribution is -0.612. The van der Waals surface area contributed by atoms with Crippen molar-refractivity contribution in [2.24, 2.45) is 0 Å². The molecule has 1 heterocycles. The normalized spacial score (nSPS) is 9.08. The highest BCUT2D eigenvalue weighted by Crippen LogP contribution is 2.17. The van der Waals surface area contributed by atoms with Gasteiger partial charge in [0.25, 0.3) is 0 Å². The molecule has 0 unspecified atom stereocenters. The summed E-state index contributed by atoms with van der Waals surface area (Å²) in [5.41, 5.74) is 0.777. The number of aromatic nitrogens is 1. The van der Waals surface area contributed by atoms with E-state index in [0.717, 1.165) is 0 Å². The van der Waals surface area contributed by atoms with Crippen molar-refractivity contribution in [3.05, 3.63) is 28.7 Å². The highest BCUT2D eigenvalue weighted by atomic mass is 16.5. The molecule has 0 aromatic carbocycles. The SMILES string of the molecule is COc1c(C#N)cc[n+]([O-])c1C. The lowest BCUT2D eigenvalue weighted by Gasteiger charge is -2.05. The van der Waals surface area contributed by atoms with Crippen molar-refractivity contribution in [1.29, 1.82) is 5.26 Å². The van der Waals surface area contributed by atoms with Crippen molar-refractivity contribution in [3.63, 3.8) is 0 Å². The first kappa shape index (κ1) is 8.34. The first-order valence-corrected chi connectivity index (χ1v) is 3.37. The Morgan fingerprint density at radius 3 is 2.83 bits per heavy atom. The molecule has 0 atom stereocenters. The summed E-state index contributed by atoms with van der Waals surface area (Å²) < 4.78 is 5.57. The zero-order chi connectivity index (χ0) is 9.14. The summed E-state index contributed by atoms with van der Waals surface area (Å²) >= 11 is 0. The lowest BCUT2D eigenvalue weighted by Crippen LogP contribution is -2.29. The van der Waals surface area contributed by atoms with E-state index in [1.54, 1.807) is 6.92 Å². The van der Waals surface area contributed by atoms with Crippen LogP contribution in [-0.4, -0.2) is 7.11 Å². The summed E-state index contributed by atoms with van der Waals surface area (Å²) in [5.74, 6) is 0.343. The van der Waals surface area contributed by atoms with Gasteiger partial charge in [0.15, 0.2) is 6.20 Å². The van der Waals surface area contributed by atoms with Gasteiger partial charge in [0.1, 0.15) is 11.6 Å². The van der Waals surface area contributed by atoms with E-state index in [2.05, 4.69) is 0 Å². The topological polar surface area (TPSA) is 60.0 Å². The van der Waals surface area contributed by atoms with Crippen molar-refractivity contribution in [3.8, 4) is 11.8 Å². The summed E-state index contributed by atoms with van der Waals surface area (Å²) in [6.07, 6.45) is 1.29. The fraction of sp³-hybridized carbons (Fsp3) is 0.250. The van der Waals surface area contributed by atoms with Crippen LogP contribution in [0, 0.1) is 23.5 Å². The van der Waals surface area contributed by atoms with Crippen LogP contribution in [-0.2, 0) is 0 Å². The maximum absolute atomic E-state index is 11.0. The quantitative estimate of drug-likeness (QED) is 0.448. The molecule has 0 N–H and O–H groups in total. The van der Waals surface area contributed by atoms with Crippen LogP contribution in [0.15, 0.2) is 12.3 Å². The summed E-state index contributed by atoms with van der Waals surface area (Å²) in [6, 6.07) is 3.37. The monoisotopic (exact) mass is 164 g/mol. The molecule has 0 radical (unpaired) electrons. The van der Waals surface area contributed by atoms with Crippen LogP contribution in [0.5, 0.6) is 5.75 Å². The fourth-order valence-corrected chi connectivity index (χ4v) is 0.970. The molecule has 0 fully saturated rings. The van der Waals surface area contributed by atoms with Crippen molar-refractivity contribution in [1.82, 2.24) is 0 Å². The van der Waals surface area contributed by atoms with Gasteiger partial charge in [-0.1, -0.05) is 0 Å². The molecule has 4 heteroatoms. The average Bonchev–Trinajstić information content (AvgIpc) is 2.09. The van der Waals surface area contributed by atoms with Gasteiger partial charge in [-0.15, -0.1) is 0 Å². The van der Waals surface area contributed by atoms with Gasteiger partial charge in [0.05, 0.1) is 7.11 Å². The van der Waals surface area contributed by atoms with Gasteiger partial charge in [-0.25, -0.2) is 0 Å². The molecular formula is C8H8N2O2. The molecule has 1 aromatic rings. The second-order valence-corrected chi connectivity index (χ2v) is 2.29. The van der Waals surface area contributed by atoms with Crippen LogP contribution in [0.2, 0.25) is 0 Å². The van der Waals surface area contributed by atoms with Gasteiger partial charge in [0, 0.05) is 13.0 Å². The molecule has 0 bridgehead atoms.